The summed E-state index contributed by atoms with van der Waals surface area (Å²) in [7, 11) is 0. The zero-order valence-corrected chi connectivity index (χ0v) is 16.7. The number of nitrogens with one attached hydrogen (secondary N) is 2. The van der Waals surface area contributed by atoms with E-state index in [9.17, 15) is 14.0 Å². The van der Waals surface area contributed by atoms with Crippen LogP contribution in [0.5, 0.6) is 0 Å². The van der Waals surface area contributed by atoms with Gasteiger partial charge in [-0.25, -0.2) is 9.37 Å². The first kappa shape index (κ1) is 19.3. The van der Waals surface area contributed by atoms with E-state index in [2.05, 4.69) is 15.6 Å². The van der Waals surface area contributed by atoms with Gasteiger partial charge in [-0.1, -0.05) is 29.8 Å². The fourth-order valence-corrected chi connectivity index (χ4v) is 4.36. The second kappa shape index (κ2) is 8.13. The van der Waals surface area contributed by atoms with E-state index in [4.69, 9.17) is 0 Å². The van der Waals surface area contributed by atoms with Gasteiger partial charge in [0.2, 0.25) is 5.91 Å². The van der Waals surface area contributed by atoms with E-state index in [1.807, 2.05) is 31.2 Å². The van der Waals surface area contributed by atoms with Crippen LogP contribution in [0.1, 0.15) is 44.4 Å². The van der Waals surface area contributed by atoms with Crippen molar-refractivity contribution in [2.45, 2.75) is 32.2 Å². The highest BCUT2D eigenvalue weighted by atomic mass is 32.1. The highest BCUT2D eigenvalue weighted by molar-refractivity contribution is 7.16. The smallest absolute Gasteiger partial charge is 0.257 e. The molecule has 1 aliphatic rings. The predicted octanol–water partition coefficient (Wildman–Crippen LogP) is 4.19. The van der Waals surface area contributed by atoms with Crippen molar-refractivity contribution in [3.8, 4) is 0 Å². The minimum Gasteiger partial charge on any atom is -0.351 e. The van der Waals surface area contributed by atoms with Crippen LogP contribution in [0.3, 0.4) is 0 Å². The number of hydrogen-bond acceptors (Lipinski definition) is 4. The number of benzene rings is 2. The summed E-state index contributed by atoms with van der Waals surface area (Å²) in [5.41, 5.74) is 3.32. The largest absolute Gasteiger partial charge is 0.351 e. The lowest BCUT2D eigenvalue weighted by Gasteiger charge is -2.11. The molecule has 1 heterocycles. The van der Waals surface area contributed by atoms with Crippen molar-refractivity contribution in [2.75, 3.05) is 5.32 Å². The average Bonchev–Trinajstić information content (AvgIpc) is 3.28. The van der Waals surface area contributed by atoms with Gasteiger partial charge in [0.1, 0.15) is 5.82 Å². The van der Waals surface area contributed by atoms with E-state index in [1.54, 1.807) is 0 Å². The van der Waals surface area contributed by atoms with Crippen LogP contribution < -0.4 is 10.6 Å². The van der Waals surface area contributed by atoms with E-state index in [1.165, 1.54) is 41.2 Å². The van der Waals surface area contributed by atoms with E-state index >= 15 is 0 Å². The van der Waals surface area contributed by atoms with Gasteiger partial charge in [0.15, 0.2) is 5.13 Å². The molecule has 1 unspecified atom stereocenters. The molecule has 4 rings (SSSR count). The molecule has 0 saturated carbocycles. The molecule has 1 aliphatic carbocycles. The number of aryl methyl sites for hydroxylation is 2. The molecular weight excluding hydrogens is 389 g/mol. The molecule has 0 saturated heterocycles. The lowest BCUT2D eigenvalue weighted by atomic mass is 10.1. The molecule has 1 atom stereocenters. The minimum atomic E-state index is -0.394. The molecule has 2 amide bonds. The summed E-state index contributed by atoms with van der Waals surface area (Å²) in [4.78, 5) is 30.5. The molecule has 2 N–H and O–H groups in total. The Kier molecular flexibility index (Phi) is 5.40. The molecular formula is C22H20FN3O2S. The molecule has 148 valence electrons. The number of fused-ring (bicyclic) bond motifs is 1. The second-order valence-electron chi connectivity index (χ2n) is 7.08. The van der Waals surface area contributed by atoms with Crippen molar-refractivity contribution < 1.29 is 14.0 Å². The molecule has 3 aromatic rings. The lowest BCUT2D eigenvalue weighted by Crippen LogP contribution is -2.28. The van der Waals surface area contributed by atoms with Gasteiger partial charge in [0.25, 0.3) is 5.91 Å². The Labute approximate surface area is 172 Å². The van der Waals surface area contributed by atoms with Crippen molar-refractivity contribution in [1.82, 2.24) is 10.3 Å². The normalized spacial score (nSPS) is 15.0. The maximum atomic E-state index is 13.0. The number of anilines is 1. The highest BCUT2D eigenvalue weighted by Gasteiger charge is 2.32. The third kappa shape index (κ3) is 4.35. The number of carbonyl (C=O) groups excluding carboxylic acids is 2. The van der Waals surface area contributed by atoms with Crippen molar-refractivity contribution in [1.29, 1.82) is 0 Å². The number of aromatic nitrogens is 1. The van der Waals surface area contributed by atoms with Crippen LogP contribution in [0.2, 0.25) is 0 Å². The molecule has 0 radical (unpaired) electrons. The Morgan fingerprint density at radius 1 is 1.14 bits per heavy atom. The maximum Gasteiger partial charge on any atom is 0.257 e. The summed E-state index contributed by atoms with van der Waals surface area (Å²) >= 11 is 1.39. The first-order valence-electron chi connectivity index (χ1n) is 9.39. The second-order valence-corrected chi connectivity index (χ2v) is 8.17. The van der Waals surface area contributed by atoms with Crippen LogP contribution in [0, 0.1) is 12.7 Å². The molecule has 0 fully saturated rings. The van der Waals surface area contributed by atoms with Crippen LogP contribution in [0.15, 0.2) is 48.5 Å². The molecule has 7 heteroatoms. The van der Waals surface area contributed by atoms with Gasteiger partial charge in [-0.05, 0) is 49.6 Å². The van der Waals surface area contributed by atoms with Crippen molar-refractivity contribution in [3.63, 3.8) is 0 Å². The summed E-state index contributed by atoms with van der Waals surface area (Å²) in [5.74, 6) is -1.10. The number of carbonyl (C=O) groups is 2. The van der Waals surface area contributed by atoms with E-state index in [0.29, 0.717) is 17.2 Å². The molecule has 5 nitrogen and oxygen atoms in total. The van der Waals surface area contributed by atoms with Crippen LogP contribution in [-0.2, 0) is 17.8 Å². The monoisotopic (exact) mass is 409 g/mol. The molecule has 1 aromatic heterocycles. The van der Waals surface area contributed by atoms with E-state index in [-0.39, 0.29) is 17.7 Å². The van der Waals surface area contributed by atoms with Gasteiger partial charge in [-0.2, -0.15) is 0 Å². The quantitative estimate of drug-likeness (QED) is 0.664. The Morgan fingerprint density at radius 3 is 2.59 bits per heavy atom. The lowest BCUT2D eigenvalue weighted by molar-refractivity contribution is -0.122. The fraction of sp³-hybridized carbons (Fsp3) is 0.227. The number of thiazole rings is 1. The number of rotatable bonds is 5. The topological polar surface area (TPSA) is 71.1 Å². The Balaban J connectivity index is 1.40. The van der Waals surface area contributed by atoms with Crippen LogP contribution in [0.4, 0.5) is 9.52 Å². The molecule has 0 spiro atoms. The fourth-order valence-electron chi connectivity index (χ4n) is 3.32. The summed E-state index contributed by atoms with van der Waals surface area (Å²) in [6.07, 6.45) is 1.49. The number of nitrogens with zero attached hydrogens (tertiary/aromatic N) is 1. The van der Waals surface area contributed by atoms with Crippen LogP contribution in [-0.4, -0.2) is 16.8 Å². The van der Waals surface area contributed by atoms with Gasteiger partial charge in [0.05, 0.1) is 11.6 Å². The third-order valence-corrected chi connectivity index (χ3v) is 5.99. The summed E-state index contributed by atoms with van der Waals surface area (Å²) in [5, 5.41) is 6.19. The first-order valence-corrected chi connectivity index (χ1v) is 10.2. The SMILES string of the molecule is Cc1ccc(CNC(=O)C2CCc3sc(NC(=O)c4ccc(F)cc4)nc32)cc1. The summed E-state index contributed by atoms with van der Waals surface area (Å²) in [6.45, 7) is 2.50. The van der Waals surface area contributed by atoms with Crippen molar-refractivity contribution in [2.24, 2.45) is 0 Å². The van der Waals surface area contributed by atoms with E-state index in [0.717, 1.165) is 29.0 Å². The zero-order valence-electron chi connectivity index (χ0n) is 15.9. The third-order valence-electron chi connectivity index (χ3n) is 4.95. The maximum absolute atomic E-state index is 13.0. The van der Waals surface area contributed by atoms with Crippen molar-refractivity contribution >= 4 is 28.3 Å². The number of amides is 2. The highest BCUT2D eigenvalue weighted by Crippen LogP contribution is 2.38. The van der Waals surface area contributed by atoms with Crippen molar-refractivity contribution in [3.05, 3.63) is 81.6 Å². The van der Waals surface area contributed by atoms with Gasteiger partial charge in [-0.15, -0.1) is 11.3 Å². The van der Waals surface area contributed by atoms with Gasteiger partial charge >= 0.3 is 0 Å². The van der Waals surface area contributed by atoms with Crippen LogP contribution >= 0.6 is 11.3 Å². The number of hydrogen-bond donors (Lipinski definition) is 2. The molecule has 2 aromatic carbocycles. The van der Waals surface area contributed by atoms with Gasteiger partial charge < -0.3 is 5.32 Å². The summed E-state index contributed by atoms with van der Waals surface area (Å²) < 4.78 is 13.0. The Hall–Kier alpha value is -3.06. The molecule has 29 heavy (non-hydrogen) atoms. The minimum absolute atomic E-state index is 0.0500. The zero-order chi connectivity index (χ0) is 20.4. The molecule has 0 aliphatic heterocycles. The number of halogens is 1. The van der Waals surface area contributed by atoms with Gasteiger partial charge in [0, 0.05) is 17.0 Å². The van der Waals surface area contributed by atoms with E-state index < -0.39 is 5.82 Å². The van der Waals surface area contributed by atoms with Gasteiger partial charge in [-0.3, -0.25) is 14.9 Å². The standard InChI is InChI=1S/C22H20FN3O2S/c1-13-2-4-14(5-3-13)12-24-21(28)17-10-11-18-19(17)25-22(29-18)26-20(27)15-6-8-16(23)9-7-15/h2-9,17H,10-12H2,1H3,(H,24,28)(H,25,26,27). The Bertz CT molecular complexity index is 1040. The van der Waals surface area contributed by atoms with Crippen LogP contribution in [0.25, 0.3) is 0 Å². The predicted molar refractivity (Wildman–Crippen MR) is 111 cm³/mol. The average molecular weight is 409 g/mol. The summed E-state index contributed by atoms with van der Waals surface area (Å²) in [6, 6.07) is 13.4. The molecule has 0 bridgehead atoms. The first-order chi connectivity index (χ1) is 14.0. The Morgan fingerprint density at radius 2 is 1.86 bits per heavy atom.